The van der Waals surface area contributed by atoms with E-state index in [0.717, 1.165) is 29.5 Å². The highest BCUT2D eigenvalue weighted by Gasteiger charge is 2.49. The first-order chi connectivity index (χ1) is 16.8. The fourth-order valence-electron chi connectivity index (χ4n) is 4.34. The standard InChI is InChI=1S/C27H42N4O5/c1-8-9-13-29-24(33)23(22-16(2)11-10-12-17(22)3)31(20-14-18(20)4)25(34)19(15-21(28)32)30-26(35)36-27(5,6)7/h10-12,18-20,23H,8-9,13-15H2,1-7H3,(H2,28,32)(H,29,33)(H,30,35). The summed E-state index contributed by atoms with van der Waals surface area (Å²) in [6, 6.07) is 3.34. The molecule has 1 aliphatic rings. The van der Waals surface area contributed by atoms with E-state index in [-0.39, 0.29) is 17.9 Å². The molecule has 4 amide bonds. The van der Waals surface area contributed by atoms with Crippen molar-refractivity contribution < 1.29 is 23.9 Å². The SMILES string of the molecule is CCCCNC(=O)C(c1c(C)cccc1C)N(C(=O)C(CC(N)=O)NC(=O)OC(C)(C)C)C1CC1C. The second-order valence-electron chi connectivity index (χ2n) is 10.7. The number of alkyl carbamates (subject to hydrolysis) is 1. The minimum atomic E-state index is -1.26. The Kier molecular flexibility index (Phi) is 9.90. The van der Waals surface area contributed by atoms with E-state index in [9.17, 15) is 19.2 Å². The van der Waals surface area contributed by atoms with Gasteiger partial charge < -0.3 is 26.0 Å². The van der Waals surface area contributed by atoms with Gasteiger partial charge in [-0.05, 0) is 70.1 Å². The van der Waals surface area contributed by atoms with Gasteiger partial charge in [0.2, 0.25) is 17.7 Å². The molecule has 200 valence electrons. The van der Waals surface area contributed by atoms with Crippen LogP contribution in [0.3, 0.4) is 0 Å². The summed E-state index contributed by atoms with van der Waals surface area (Å²) in [7, 11) is 0. The fraction of sp³-hybridized carbons (Fsp3) is 0.630. The number of hydrogen-bond acceptors (Lipinski definition) is 5. The van der Waals surface area contributed by atoms with Gasteiger partial charge in [-0.3, -0.25) is 14.4 Å². The van der Waals surface area contributed by atoms with E-state index in [1.165, 1.54) is 0 Å². The summed E-state index contributed by atoms with van der Waals surface area (Å²) >= 11 is 0. The smallest absolute Gasteiger partial charge is 0.408 e. The summed E-state index contributed by atoms with van der Waals surface area (Å²) in [5.74, 6) is -1.40. The molecule has 1 fully saturated rings. The Morgan fingerprint density at radius 3 is 2.22 bits per heavy atom. The maximum absolute atomic E-state index is 14.0. The number of nitrogens with one attached hydrogen (secondary N) is 2. The van der Waals surface area contributed by atoms with Gasteiger partial charge in [0, 0.05) is 12.6 Å². The number of hydrogen-bond donors (Lipinski definition) is 3. The zero-order valence-corrected chi connectivity index (χ0v) is 22.6. The van der Waals surface area contributed by atoms with Crippen LogP contribution >= 0.6 is 0 Å². The molecular formula is C27H42N4O5. The van der Waals surface area contributed by atoms with Crippen molar-refractivity contribution in [2.24, 2.45) is 11.7 Å². The van der Waals surface area contributed by atoms with Crippen molar-refractivity contribution in [3.05, 3.63) is 34.9 Å². The van der Waals surface area contributed by atoms with Crippen LogP contribution < -0.4 is 16.4 Å². The van der Waals surface area contributed by atoms with Crippen LogP contribution in [0, 0.1) is 19.8 Å². The highest BCUT2D eigenvalue weighted by atomic mass is 16.6. The predicted octanol–water partition coefficient (Wildman–Crippen LogP) is 3.27. The zero-order valence-electron chi connectivity index (χ0n) is 22.6. The number of nitrogens with two attached hydrogens (primary N) is 1. The third-order valence-electron chi connectivity index (χ3n) is 6.24. The van der Waals surface area contributed by atoms with E-state index in [1.54, 1.807) is 25.7 Å². The number of rotatable bonds is 11. The Morgan fingerprint density at radius 1 is 1.17 bits per heavy atom. The van der Waals surface area contributed by atoms with Crippen LogP contribution in [0.15, 0.2) is 18.2 Å². The minimum absolute atomic E-state index is 0.167. The number of unbranched alkanes of at least 4 members (excludes halogenated alkanes) is 1. The molecule has 4 unspecified atom stereocenters. The molecule has 0 bridgehead atoms. The number of ether oxygens (including phenoxy) is 1. The number of nitrogens with zero attached hydrogens (tertiary/aromatic N) is 1. The average Bonchev–Trinajstić information content (AvgIpc) is 3.46. The number of carbonyl (C=O) groups is 4. The molecule has 1 aliphatic carbocycles. The summed E-state index contributed by atoms with van der Waals surface area (Å²) < 4.78 is 5.32. The summed E-state index contributed by atoms with van der Waals surface area (Å²) in [6.45, 7) is 13.5. The Hall–Kier alpha value is -3.10. The van der Waals surface area contributed by atoms with E-state index in [0.29, 0.717) is 13.0 Å². The number of amides is 4. The third kappa shape index (κ3) is 7.96. The van der Waals surface area contributed by atoms with Crippen molar-refractivity contribution >= 4 is 23.8 Å². The van der Waals surface area contributed by atoms with Crippen molar-refractivity contribution in [2.45, 2.75) is 97.9 Å². The van der Waals surface area contributed by atoms with Crippen molar-refractivity contribution in [1.29, 1.82) is 0 Å². The highest BCUT2D eigenvalue weighted by Crippen LogP contribution is 2.42. The topological polar surface area (TPSA) is 131 Å². The van der Waals surface area contributed by atoms with Gasteiger partial charge in [-0.25, -0.2) is 4.79 Å². The average molecular weight is 503 g/mol. The highest BCUT2D eigenvalue weighted by molar-refractivity contribution is 5.95. The normalized spacial score (nSPS) is 18.5. The molecule has 9 nitrogen and oxygen atoms in total. The molecule has 1 aromatic rings. The van der Waals surface area contributed by atoms with Crippen molar-refractivity contribution in [2.75, 3.05) is 6.54 Å². The number of carbonyl (C=O) groups excluding carboxylic acids is 4. The third-order valence-corrected chi connectivity index (χ3v) is 6.24. The molecule has 4 atom stereocenters. The lowest BCUT2D eigenvalue weighted by Gasteiger charge is -2.36. The maximum atomic E-state index is 14.0. The lowest BCUT2D eigenvalue weighted by atomic mass is 9.93. The van der Waals surface area contributed by atoms with Gasteiger partial charge in [0.1, 0.15) is 17.7 Å². The lowest BCUT2D eigenvalue weighted by Crippen LogP contribution is -2.55. The number of primary amides is 1. The number of benzene rings is 1. The second-order valence-corrected chi connectivity index (χ2v) is 10.7. The molecule has 1 saturated carbocycles. The minimum Gasteiger partial charge on any atom is -0.444 e. The lowest BCUT2D eigenvalue weighted by molar-refractivity contribution is -0.144. The molecule has 0 saturated heterocycles. The van der Waals surface area contributed by atoms with Crippen molar-refractivity contribution in [1.82, 2.24) is 15.5 Å². The molecule has 0 aromatic heterocycles. The summed E-state index contributed by atoms with van der Waals surface area (Å²) in [5.41, 5.74) is 7.15. The van der Waals surface area contributed by atoms with E-state index in [4.69, 9.17) is 10.5 Å². The second kappa shape index (κ2) is 12.2. The zero-order chi connectivity index (χ0) is 27.2. The predicted molar refractivity (Wildman–Crippen MR) is 138 cm³/mol. The van der Waals surface area contributed by atoms with Crippen LogP contribution in [0.4, 0.5) is 4.79 Å². The van der Waals surface area contributed by atoms with E-state index >= 15 is 0 Å². The van der Waals surface area contributed by atoms with Gasteiger partial charge in [-0.2, -0.15) is 0 Å². The van der Waals surface area contributed by atoms with Crippen LogP contribution in [0.1, 0.15) is 83.0 Å². The first kappa shape index (κ1) is 29.1. The van der Waals surface area contributed by atoms with Crippen LogP contribution in [0.5, 0.6) is 0 Å². The fourth-order valence-corrected chi connectivity index (χ4v) is 4.34. The van der Waals surface area contributed by atoms with Crippen LogP contribution in [0.2, 0.25) is 0 Å². The van der Waals surface area contributed by atoms with Crippen molar-refractivity contribution in [3.63, 3.8) is 0 Å². The summed E-state index contributed by atoms with van der Waals surface area (Å²) in [5, 5.41) is 5.51. The molecule has 9 heteroatoms. The van der Waals surface area contributed by atoms with Gasteiger partial charge in [0.15, 0.2) is 0 Å². The quantitative estimate of drug-likeness (QED) is 0.400. The Balaban J connectivity index is 2.53. The van der Waals surface area contributed by atoms with E-state index in [2.05, 4.69) is 10.6 Å². The van der Waals surface area contributed by atoms with E-state index < -0.39 is 42.0 Å². The molecule has 1 aromatic carbocycles. The monoisotopic (exact) mass is 502 g/mol. The molecular weight excluding hydrogens is 460 g/mol. The molecule has 0 heterocycles. The molecule has 2 rings (SSSR count). The van der Waals surface area contributed by atoms with Gasteiger partial charge in [0.25, 0.3) is 0 Å². The molecule has 4 N–H and O–H groups in total. The Morgan fingerprint density at radius 2 is 1.75 bits per heavy atom. The molecule has 0 spiro atoms. The Bertz CT molecular complexity index is 951. The van der Waals surface area contributed by atoms with Gasteiger partial charge in [-0.1, -0.05) is 38.5 Å². The number of aryl methyl sites for hydroxylation is 2. The first-order valence-corrected chi connectivity index (χ1v) is 12.7. The first-order valence-electron chi connectivity index (χ1n) is 12.7. The maximum Gasteiger partial charge on any atom is 0.408 e. The van der Waals surface area contributed by atoms with Crippen LogP contribution in [-0.2, 0) is 19.1 Å². The summed E-state index contributed by atoms with van der Waals surface area (Å²) in [6.07, 6.45) is 1.19. The summed E-state index contributed by atoms with van der Waals surface area (Å²) in [4.78, 5) is 53.7. The molecule has 36 heavy (non-hydrogen) atoms. The Labute approximate surface area is 214 Å². The largest absolute Gasteiger partial charge is 0.444 e. The van der Waals surface area contributed by atoms with Gasteiger partial charge in [-0.15, -0.1) is 0 Å². The van der Waals surface area contributed by atoms with Crippen molar-refractivity contribution in [3.8, 4) is 0 Å². The van der Waals surface area contributed by atoms with Gasteiger partial charge in [0.05, 0.1) is 6.42 Å². The van der Waals surface area contributed by atoms with Crippen LogP contribution in [0.25, 0.3) is 0 Å². The molecule has 0 aliphatic heterocycles. The van der Waals surface area contributed by atoms with E-state index in [1.807, 2.05) is 45.9 Å². The molecule has 0 radical (unpaired) electrons. The van der Waals surface area contributed by atoms with Gasteiger partial charge >= 0.3 is 6.09 Å². The van der Waals surface area contributed by atoms with Crippen LogP contribution in [-0.4, -0.2) is 52.9 Å².